The summed E-state index contributed by atoms with van der Waals surface area (Å²) in [5.74, 6) is -0.0395. The molecule has 1 unspecified atom stereocenters. The summed E-state index contributed by atoms with van der Waals surface area (Å²) in [5, 5.41) is 27.0. The predicted octanol–water partition coefficient (Wildman–Crippen LogP) is 1.42. The first-order valence-electron chi connectivity index (χ1n) is 13.5. The lowest BCUT2D eigenvalue weighted by Crippen LogP contribution is -2.58. The van der Waals surface area contributed by atoms with Gasteiger partial charge in [-0.15, -0.1) is 0 Å². The first-order valence-corrected chi connectivity index (χ1v) is 13.5. The van der Waals surface area contributed by atoms with E-state index in [1.54, 1.807) is 21.8 Å². The molecule has 2 fully saturated rings. The molecule has 1 aliphatic heterocycles. The standard InChI is InChI=1S/C28H33FN8O3/c1-34-12-20(11-33-34)18-2-3-19(23(29)10-18)13-37(21-4-5-21)27-22-6-8-36(26(22)31-17-32-27)16-28(40)7-9-35(14-24(28)38)15-25(30)39/h2-3,6,8,10-12,17,21,24,38,40H,4-5,7,9,13-16H2,1H3,(H2,30,39)/t24?,28-/m1/s1. The highest BCUT2D eigenvalue weighted by Crippen LogP contribution is 2.37. The van der Waals surface area contributed by atoms with Crippen LogP contribution in [0.25, 0.3) is 22.2 Å². The van der Waals surface area contributed by atoms with Crippen molar-refractivity contribution in [1.29, 1.82) is 0 Å². The zero-order valence-electron chi connectivity index (χ0n) is 22.3. The van der Waals surface area contributed by atoms with Gasteiger partial charge in [0.2, 0.25) is 5.91 Å². The highest BCUT2D eigenvalue weighted by atomic mass is 19.1. The van der Waals surface area contributed by atoms with Gasteiger partial charge in [0, 0.05) is 56.2 Å². The third-order valence-corrected chi connectivity index (χ3v) is 7.96. The zero-order valence-corrected chi connectivity index (χ0v) is 22.3. The van der Waals surface area contributed by atoms with E-state index in [0.717, 1.165) is 29.4 Å². The van der Waals surface area contributed by atoms with E-state index < -0.39 is 17.6 Å². The molecule has 1 amide bonds. The largest absolute Gasteiger partial charge is 0.389 e. The molecule has 2 aliphatic rings. The second kappa shape index (κ2) is 10.3. The van der Waals surface area contributed by atoms with Crippen LogP contribution < -0.4 is 10.6 Å². The molecule has 4 heterocycles. The van der Waals surface area contributed by atoms with Gasteiger partial charge in [-0.3, -0.25) is 14.4 Å². The van der Waals surface area contributed by atoms with Gasteiger partial charge in [-0.1, -0.05) is 12.1 Å². The van der Waals surface area contributed by atoms with Crippen molar-refractivity contribution >= 4 is 22.8 Å². The van der Waals surface area contributed by atoms with E-state index in [1.807, 2.05) is 42.2 Å². The smallest absolute Gasteiger partial charge is 0.231 e. The fourth-order valence-electron chi connectivity index (χ4n) is 5.59. The lowest BCUT2D eigenvalue weighted by atomic mass is 9.88. The number of carbonyl (C=O) groups excluding carboxylic acids is 1. The van der Waals surface area contributed by atoms with Crippen LogP contribution in [0.5, 0.6) is 0 Å². The molecule has 2 atom stereocenters. The number of β-amino-alcohol motifs (C(OH)–C–C–N with tert-alkyl or cyclic N) is 1. The number of likely N-dealkylation sites (tertiary alicyclic amines) is 1. The second-order valence-corrected chi connectivity index (χ2v) is 11.0. The van der Waals surface area contributed by atoms with Crippen LogP contribution in [0.4, 0.5) is 10.2 Å². The molecule has 0 radical (unpaired) electrons. The minimum Gasteiger partial charge on any atom is -0.389 e. The van der Waals surface area contributed by atoms with Crippen molar-refractivity contribution < 1.29 is 19.4 Å². The van der Waals surface area contributed by atoms with E-state index in [0.29, 0.717) is 30.1 Å². The van der Waals surface area contributed by atoms with Gasteiger partial charge in [-0.05, 0) is 37.0 Å². The number of aliphatic hydroxyl groups is 2. The normalized spacial score (nSPS) is 21.6. The highest BCUT2D eigenvalue weighted by Gasteiger charge is 2.41. The van der Waals surface area contributed by atoms with E-state index in [9.17, 15) is 15.0 Å². The molecule has 3 aromatic heterocycles. The number of aryl methyl sites for hydroxylation is 1. The number of piperidine rings is 1. The van der Waals surface area contributed by atoms with Crippen LogP contribution in [0.15, 0.2) is 49.2 Å². The van der Waals surface area contributed by atoms with E-state index in [-0.39, 0.29) is 37.9 Å². The van der Waals surface area contributed by atoms with Gasteiger partial charge in [0.1, 0.15) is 29.2 Å². The van der Waals surface area contributed by atoms with Crippen LogP contribution in [0.2, 0.25) is 0 Å². The molecule has 12 heteroatoms. The number of aromatic nitrogens is 5. The zero-order chi connectivity index (χ0) is 28.0. The monoisotopic (exact) mass is 548 g/mol. The van der Waals surface area contributed by atoms with E-state index in [4.69, 9.17) is 5.73 Å². The van der Waals surface area contributed by atoms with Crippen LogP contribution in [-0.2, 0) is 24.9 Å². The van der Waals surface area contributed by atoms with Gasteiger partial charge in [-0.2, -0.15) is 5.10 Å². The molecule has 11 nitrogen and oxygen atoms in total. The molecule has 1 aliphatic carbocycles. The van der Waals surface area contributed by atoms with Gasteiger partial charge < -0.3 is 25.4 Å². The molecule has 1 aromatic carbocycles. The number of halogens is 1. The summed E-state index contributed by atoms with van der Waals surface area (Å²) in [4.78, 5) is 24.2. The van der Waals surface area contributed by atoms with Crippen molar-refractivity contribution in [3.63, 3.8) is 0 Å². The van der Waals surface area contributed by atoms with Crippen LogP contribution in [-0.4, -0.2) is 82.7 Å². The van der Waals surface area contributed by atoms with E-state index in [2.05, 4.69) is 20.0 Å². The summed E-state index contributed by atoms with van der Waals surface area (Å²) in [6.07, 6.45) is 8.10. The highest BCUT2D eigenvalue weighted by molar-refractivity contribution is 5.88. The number of aliphatic hydroxyl groups excluding tert-OH is 1. The summed E-state index contributed by atoms with van der Waals surface area (Å²) in [6, 6.07) is 7.43. The topological polar surface area (TPSA) is 139 Å². The number of amides is 1. The van der Waals surface area contributed by atoms with Gasteiger partial charge in [-0.25, -0.2) is 14.4 Å². The SMILES string of the molecule is Cn1cc(-c2ccc(CN(c3ncnc4c3ccn4C[C@]3(O)CCN(CC(N)=O)CC3O)C3CC3)c(F)c2)cn1. The Hall–Kier alpha value is -3.87. The predicted molar refractivity (Wildman–Crippen MR) is 147 cm³/mol. The number of nitrogens with zero attached hydrogens (tertiary/aromatic N) is 7. The maximum Gasteiger partial charge on any atom is 0.231 e. The van der Waals surface area contributed by atoms with Crippen molar-refractivity contribution in [2.75, 3.05) is 24.5 Å². The third kappa shape index (κ3) is 5.17. The van der Waals surface area contributed by atoms with Crippen molar-refractivity contribution in [1.82, 2.24) is 29.2 Å². The molecule has 4 N–H and O–H groups in total. The van der Waals surface area contributed by atoms with Crippen LogP contribution >= 0.6 is 0 Å². The first kappa shape index (κ1) is 26.4. The number of fused-ring (bicyclic) bond motifs is 1. The van der Waals surface area contributed by atoms with Crippen LogP contribution in [0.3, 0.4) is 0 Å². The van der Waals surface area contributed by atoms with Gasteiger partial charge in [0.05, 0.1) is 30.8 Å². The molecule has 40 heavy (non-hydrogen) atoms. The Morgan fingerprint density at radius 3 is 2.75 bits per heavy atom. The molecule has 4 aromatic rings. The van der Waals surface area contributed by atoms with Gasteiger partial charge in [0.15, 0.2) is 0 Å². The van der Waals surface area contributed by atoms with Crippen molar-refractivity contribution in [2.45, 2.75) is 50.1 Å². The number of nitrogens with two attached hydrogens (primary N) is 1. The minimum absolute atomic E-state index is 0.0416. The number of anilines is 1. The maximum absolute atomic E-state index is 15.3. The summed E-state index contributed by atoms with van der Waals surface area (Å²) in [7, 11) is 1.83. The number of hydrogen-bond donors (Lipinski definition) is 3. The number of rotatable bonds is 9. The van der Waals surface area contributed by atoms with E-state index in [1.165, 1.54) is 6.33 Å². The number of primary amides is 1. The lowest BCUT2D eigenvalue weighted by Gasteiger charge is -2.42. The summed E-state index contributed by atoms with van der Waals surface area (Å²) in [6.45, 7) is 1.13. The fraction of sp³-hybridized carbons (Fsp3) is 0.429. The lowest BCUT2D eigenvalue weighted by molar-refractivity contribution is -0.135. The van der Waals surface area contributed by atoms with E-state index >= 15 is 4.39 Å². The van der Waals surface area contributed by atoms with Crippen LogP contribution in [0, 0.1) is 5.82 Å². The third-order valence-electron chi connectivity index (χ3n) is 7.96. The first-order chi connectivity index (χ1) is 19.2. The summed E-state index contributed by atoms with van der Waals surface area (Å²) >= 11 is 0. The Labute approximate surface area is 230 Å². The second-order valence-electron chi connectivity index (χ2n) is 11.0. The maximum atomic E-state index is 15.3. The Bertz CT molecular complexity index is 1550. The van der Waals surface area contributed by atoms with Crippen molar-refractivity contribution in [3.8, 4) is 11.1 Å². The van der Waals surface area contributed by atoms with Gasteiger partial charge in [0.25, 0.3) is 0 Å². The van der Waals surface area contributed by atoms with Gasteiger partial charge >= 0.3 is 0 Å². The molecule has 1 saturated carbocycles. The molecule has 1 saturated heterocycles. The summed E-state index contributed by atoms with van der Waals surface area (Å²) < 4.78 is 18.8. The Balaban J connectivity index is 1.24. The molecule has 6 rings (SSSR count). The average Bonchev–Trinajstić information content (AvgIpc) is 3.54. The summed E-state index contributed by atoms with van der Waals surface area (Å²) in [5.41, 5.74) is 6.73. The number of hydrogen-bond acceptors (Lipinski definition) is 8. The fourth-order valence-corrected chi connectivity index (χ4v) is 5.59. The molecule has 0 bridgehead atoms. The van der Waals surface area contributed by atoms with Crippen LogP contribution in [0.1, 0.15) is 24.8 Å². The van der Waals surface area contributed by atoms with Crippen molar-refractivity contribution in [3.05, 3.63) is 60.6 Å². The van der Waals surface area contributed by atoms with Crippen molar-refractivity contribution in [2.24, 2.45) is 12.8 Å². The minimum atomic E-state index is -1.39. The molecule has 0 spiro atoms. The molecule has 210 valence electrons. The Kier molecular flexibility index (Phi) is 6.77. The number of benzene rings is 1. The molecular formula is C28H33FN8O3. The Morgan fingerprint density at radius 1 is 1.25 bits per heavy atom. The average molecular weight is 549 g/mol. The quantitative estimate of drug-likeness (QED) is 0.286. The Morgan fingerprint density at radius 2 is 2.08 bits per heavy atom. The number of carbonyl (C=O) groups is 1. The molecular weight excluding hydrogens is 515 g/mol.